The average Bonchev–Trinajstić information content (AvgIpc) is 3.05. The number of ketones is 1. The first kappa shape index (κ1) is 14.0. The van der Waals surface area contributed by atoms with Crippen LogP contribution in [0.2, 0.25) is 0 Å². The van der Waals surface area contributed by atoms with Crippen molar-refractivity contribution in [3.05, 3.63) is 0 Å². The van der Waals surface area contributed by atoms with Crippen LogP contribution >= 0.6 is 0 Å². The number of hydrogen-bond donors (Lipinski definition) is 2. The van der Waals surface area contributed by atoms with Crippen molar-refractivity contribution in [2.45, 2.75) is 38.1 Å². The molecule has 2 rings (SSSR count). The third-order valence-electron chi connectivity index (χ3n) is 4.27. The van der Waals surface area contributed by atoms with E-state index in [1.165, 1.54) is 4.90 Å². The molecular weight excluding hydrogens is 248 g/mol. The molecule has 3 N–H and O–H groups in total. The summed E-state index contributed by atoms with van der Waals surface area (Å²) in [6.45, 7) is 0.452. The number of carboxylic acid groups (broad SMARTS) is 1. The molecule has 0 bridgehead atoms. The third-order valence-corrected chi connectivity index (χ3v) is 4.27. The van der Waals surface area contributed by atoms with Crippen molar-refractivity contribution in [1.29, 1.82) is 0 Å². The normalized spacial score (nSPS) is 30.6. The molecule has 1 amide bonds. The highest BCUT2D eigenvalue weighted by atomic mass is 16.4. The molecule has 1 saturated carbocycles. The Morgan fingerprint density at radius 2 is 1.79 bits per heavy atom. The first-order valence-electron chi connectivity index (χ1n) is 6.82. The highest BCUT2D eigenvalue weighted by Crippen LogP contribution is 2.35. The molecule has 19 heavy (non-hydrogen) atoms. The molecular formula is C13H20N2O4. The molecule has 2 fully saturated rings. The molecule has 6 nitrogen and oxygen atoms in total. The van der Waals surface area contributed by atoms with Crippen molar-refractivity contribution in [1.82, 2.24) is 4.90 Å². The standard InChI is InChI=1S/C13H20N2O4/c14-7-11(16)15-6-2-5-10(15)12(17)8-3-1-4-9(8)13(18)19/h8-10H,1-7,14H2,(H,18,19)/t8-,9-,10+/m1/s1. The van der Waals surface area contributed by atoms with Crippen molar-refractivity contribution in [3.63, 3.8) is 0 Å². The topological polar surface area (TPSA) is 101 Å². The second-order valence-electron chi connectivity index (χ2n) is 5.33. The maximum absolute atomic E-state index is 12.5. The van der Waals surface area contributed by atoms with Gasteiger partial charge in [-0.1, -0.05) is 6.42 Å². The van der Waals surface area contributed by atoms with E-state index in [9.17, 15) is 14.4 Å². The Balaban J connectivity index is 2.10. The molecule has 0 aromatic heterocycles. The molecule has 0 unspecified atom stereocenters. The van der Waals surface area contributed by atoms with Gasteiger partial charge in [0.25, 0.3) is 0 Å². The Kier molecular flexibility index (Phi) is 4.19. The van der Waals surface area contributed by atoms with Gasteiger partial charge in [-0.25, -0.2) is 0 Å². The minimum atomic E-state index is -0.898. The predicted molar refractivity (Wildman–Crippen MR) is 67.3 cm³/mol. The highest BCUT2D eigenvalue weighted by Gasteiger charge is 2.43. The number of rotatable bonds is 4. The van der Waals surface area contributed by atoms with E-state index in [0.717, 1.165) is 12.8 Å². The first-order valence-corrected chi connectivity index (χ1v) is 6.82. The number of Topliss-reactive ketones (excluding diaryl/α,β-unsaturated/α-hetero) is 1. The lowest BCUT2D eigenvalue weighted by molar-refractivity contribution is -0.147. The van der Waals surface area contributed by atoms with Crippen LogP contribution in [0.5, 0.6) is 0 Å². The summed E-state index contributed by atoms with van der Waals surface area (Å²) in [5.41, 5.74) is 5.35. The summed E-state index contributed by atoms with van der Waals surface area (Å²) in [5, 5.41) is 9.14. The molecule has 106 valence electrons. The van der Waals surface area contributed by atoms with Gasteiger partial charge >= 0.3 is 5.97 Å². The summed E-state index contributed by atoms with van der Waals surface area (Å²) in [4.78, 5) is 36.9. The maximum Gasteiger partial charge on any atom is 0.307 e. The second-order valence-corrected chi connectivity index (χ2v) is 5.33. The minimum absolute atomic E-state index is 0.0794. The molecule has 1 heterocycles. The van der Waals surface area contributed by atoms with Gasteiger partial charge in [-0.2, -0.15) is 0 Å². The SMILES string of the molecule is NCC(=O)N1CCC[C@H]1C(=O)[C@@H]1CCC[C@H]1C(=O)O. The molecule has 6 heteroatoms. The summed E-state index contributed by atoms with van der Waals surface area (Å²) in [7, 11) is 0. The lowest BCUT2D eigenvalue weighted by Crippen LogP contribution is -2.46. The lowest BCUT2D eigenvalue weighted by atomic mass is 9.87. The van der Waals surface area contributed by atoms with Crippen LogP contribution in [-0.2, 0) is 14.4 Å². The number of carbonyl (C=O) groups excluding carboxylic acids is 2. The highest BCUT2D eigenvalue weighted by molar-refractivity contribution is 5.94. The van der Waals surface area contributed by atoms with Crippen LogP contribution in [0.4, 0.5) is 0 Å². The smallest absolute Gasteiger partial charge is 0.307 e. The van der Waals surface area contributed by atoms with Gasteiger partial charge in [0.1, 0.15) is 0 Å². The van der Waals surface area contributed by atoms with Crippen LogP contribution in [0.3, 0.4) is 0 Å². The fourth-order valence-electron chi connectivity index (χ4n) is 3.32. The first-order chi connectivity index (χ1) is 9.06. The van der Waals surface area contributed by atoms with E-state index in [0.29, 0.717) is 25.8 Å². The van der Waals surface area contributed by atoms with Gasteiger partial charge in [-0.05, 0) is 25.7 Å². The molecule has 0 spiro atoms. The molecule has 0 aromatic rings. The summed E-state index contributed by atoms with van der Waals surface area (Å²) in [5.74, 6) is -2.22. The fraction of sp³-hybridized carbons (Fsp3) is 0.769. The largest absolute Gasteiger partial charge is 0.481 e. The van der Waals surface area contributed by atoms with Gasteiger partial charge < -0.3 is 15.7 Å². The molecule has 0 aromatic carbocycles. The maximum atomic E-state index is 12.5. The number of nitrogens with zero attached hydrogens (tertiary/aromatic N) is 1. The van der Waals surface area contributed by atoms with Crippen LogP contribution in [-0.4, -0.2) is 46.8 Å². The quantitative estimate of drug-likeness (QED) is 0.747. The molecule has 1 saturated heterocycles. The van der Waals surface area contributed by atoms with E-state index in [1.54, 1.807) is 0 Å². The van der Waals surface area contributed by atoms with Crippen LogP contribution in [0.15, 0.2) is 0 Å². The number of aliphatic carboxylic acids is 1. The van der Waals surface area contributed by atoms with Crippen molar-refractivity contribution in [2.75, 3.05) is 13.1 Å². The zero-order chi connectivity index (χ0) is 14.0. The zero-order valence-electron chi connectivity index (χ0n) is 10.9. The van der Waals surface area contributed by atoms with Crippen LogP contribution in [0.25, 0.3) is 0 Å². The van der Waals surface area contributed by atoms with E-state index >= 15 is 0 Å². The van der Waals surface area contributed by atoms with E-state index in [1.807, 2.05) is 0 Å². The zero-order valence-corrected chi connectivity index (χ0v) is 10.9. The predicted octanol–water partition coefficient (Wildman–Crippen LogP) is 0.00610. The van der Waals surface area contributed by atoms with Crippen LogP contribution in [0, 0.1) is 11.8 Å². The van der Waals surface area contributed by atoms with Gasteiger partial charge in [0, 0.05) is 12.5 Å². The third kappa shape index (κ3) is 2.63. The molecule has 3 atom stereocenters. The number of likely N-dealkylation sites (tertiary alicyclic amines) is 1. The van der Waals surface area contributed by atoms with Crippen LogP contribution < -0.4 is 5.73 Å². The minimum Gasteiger partial charge on any atom is -0.481 e. The second kappa shape index (κ2) is 5.69. The Bertz CT molecular complexity index is 396. The van der Waals surface area contributed by atoms with Gasteiger partial charge in [0.2, 0.25) is 5.91 Å². The van der Waals surface area contributed by atoms with Gasteiger partial charge in [-0.3, -0.25) is 14.4 Å². The van der Waals surface area contributed by atoms with Crippen molar-refractivity contribution in [3.8, 4) is 0 Å². The van der Waals surface area contributed by atoms with E-state index in [4.69, 9.17) is 10.8 Å². The summed E-state index contributed by atoms with van der Waals surface area (Å²) >= 11 is 0. The molecule has 1 aliphatic heterocycles. The molecule has 0 radical (unpaired) electrons. The lowest BCUT2D eigenvalue weighted by Gasteiger charge is -2.26. The Hall–Kier alpha value is -1.43. The average molecular weight is 268 g/mol. The van der Waals surface area contributed by atoms with Crippen LogP contribution in [0.1, 0.15) is 32.1 Å². The van der Waals surface area contributed by atoms with Crippen molar-refractivity contribution >= 4 is 17.7 Å². The fourth-order valence-corrected chi connectivity index (χ4v) is 3.32. The molecule has 1 aliphatic carbocycles. The number of hydrogen-bond acceptors (Lipinski definition) is 4. The van der Waals surface area contributed by atoms with Crippen molar-refractivity contribution < 1.29 is 19.5 Å². The van der Waals surface area contributed by atoms with Gasteiger partial charge in [-0.15, -0.1) is 0 Å². The van der Waals surface area contributed by atoms with E-state index < -0.39 is 23.8 Å². The molecule has 2 aliphatic rings. The number of carboxylic acids is 1. The summed E-state index contributed by atoms with van der Waals surface area (Å²) in [6, 6.07) is -0.457. The van der Waals surface area contributed by atoms with Gasteiger partial charge in [0.05, 0.1) is 18.5 Å². The van der Waals surface area contributed by atoms with Crippen molar-refractivity contribution in [2.24, 2.45) is 17.6 Å². The number of nitrogens with two attached hydrogens (primary N) is 1. The van der Waals surface area contributed by atoms with E-state index in [-0.39, 0.29) is 18.2 Å². The monoisotopic (exact) mass is 268 g/mol. The van der Waals surface area contributed by atoms with E-state index in [2.05, 4.69) is 0 Å². The number of carbonyl (C=O) groups is 3. The Morgan fingerprint density at radius 3 is 2.42 bits per heavy atom. The van der Waals surface area contributed by atoms with Gasteiger partial charge in [0.15, 0.2) is 5.78 Å². The Morgan fingerprint density at radius 1 is 1.11 bits per heavy atom. The number of amides is 1. The Labute approximate surface area is 111 Å². The summed E-state index contributed by atoms with van der Waals surface area (Å²) < 4.78 is 0. The summed E-state index contributed by atoms with van der Waals surface area (Å²) in [6.07, 6.45) is 3.37.